The van der Waals surface area contributed by atoms with Crippen molar-refractivity contribution >= 4 is 12.0 Å². The van der Waals surface area contributed by atoms with Crippen molar-refractivity contribution in [2.24, 2.45) is 17.8 Å². The van der Waals surface area contributed by atoms with Crippen LogP contribution < -0.4 is 5.56 Å². The predicted octanol–water partition coefficient (Wildman–Crippen LogP) is 2.27. The average molecular weight is 412 g/mol. The van der Waals surface area contributed by atoms with Crippen LogP contribution in [0.4, 0.5) is 0 Å². The van der Waals surface area contributed by atoms with E-state index in [4.69, 9.17) is 0 Å². The Labute approximate surface area is 178 Å². The highest BCUT2D eigenvalue weighted by molar-refractivity contribution is 5.83. The molecule has 3 aliphatic heterocycles. The molecule has 0 aromatic carbocycles. The summed E-state index contributed by atoms with van der Waals surface area (Å²) in [6.45, 7) is 5.08. The van der Waals surface area contributed by atoms with Crippen molar-refractivity contribution in [2.75, 3.05) is 26.2 Å². The van der Waals surface area contributed by atoms with E-state index in [-0.39, 0.29) is 42.0 Å². The Hall–Kier alpha value is -1.92. The minimum Gasteiger partial charge on any atom is -0.396 e. The molecule has 6 nitrogen and oxygen atoms in total. The minimum atomic E-state index is -0.261. The van der Waals surface area contributed by atoms with Crippen molar-refractivity contribution in [1.29, 1.82) is 0 Å². The van der Waals surface area contributed by atoms with Crippen LogP contribution in [-0.2, 0) is 11.3 Å². The summed E-state index contributed by atoms with van der Waals surface area (Å²) in [5, 5.41) is 10.4. The van der Waals surface area contributed by atoms with Gasteiger partial charge in [-0.05, 0) is 57.1 Å². The lowest BCUT2D eigenvalue weighted by Gasteiger charge is -2.36. The van der Waals surface area contributed by atoms with Gasteiger partial charge in [0.25, 0.3) is 5.56 Å². The maximum absolute atomic E-state index is 13.6. The third-order valence-electron chi connectivity index (χ3n) is 7.65. The summed E-state index contributed by atoms with van der Waals surface area (Å²) >= 11 is 0. The van der Waals surface area contributed by atoms with E-state index in [0.29, 0.717) is 18.0 Å². The van der Waals surface area contributed by atoms with Crippen LogP contribution in [0.1, 0.15) is 56.3 Å². The van der Waals surface area contributed by atoms with E-state index < -0.39 is 0 Å². The first-order valence-corrected chi connectivity index (χ1v) is 11.7. The minimum absolute atomic E-state index is 0.00294. The predicted molar refractivity (Wildman–Crippen MR) is 116 cm³/mol. The fourth-order valence-electron chi connectivity index (χ4n) is 6.02. The van der Waals surface area contributed by atoms with Crippen molar-refractivity contribution in [2.45, 2.75) is 57.7 Å². The molecule has 1 aromatic heterocycles. The number of fused-ring (bicyclic) bond motifs is 3. The fourth-order valence-corrected chi connectivity index (χ4v) is 6.02. The van der Waals surface area contributed by atoms with E-state index in [9.17, 15) is 14.7 Å². The summed E-state index contributed by atoms with van der Waals surface area (Å²) in [6.07, 6.45) is 9.53. The molecule has 0 unspecified atom stereocenters. The number of nitrogens with zero attached hydrogens (tertiary/aromatic N) is 3. The number of pyridine rings is 1. The largest absolute Gasteiger partial charge is 0.396 e. The lowest BCUT2D eigenvalue weighted by molar-refractivity contribution is -0.139. The summed E-state index contributed by atoms with van der Waals surface area (Å²) < 4.78 is 1.90. The number of piperidine rings is 1. The number of hydrogen-bond acceptors (Lipinski definition) is 4. The van der Waals surface area contributed by atoms with Crippen LogP contribution >= 0.6 is 0 Å². The van der Waals surface area contributed by atoms with Gasteiger partial charge in [0, 0.05) is 55.9 Å². The second kappa shape index (κ2) is 7.97. The zero-order valence-corrected chi connectivity index (χ0v) is 17.9. The molecule has 1 aliphatic carbocycles. The molecule has 162 valence electrons. The third-order valence-corrected chi connectivity index (χ3v) is 7.65. The second-order valence-corrected chi connectivity index (χ2v) is 9.56. The fraction of sp³-hybridized carbons (Fsp3) is 0.667. The third kappa shape index (κ3) is 3.25. The molecule has 1 amide bonds. The molecule has 1 saturated carbocycles. The van der Waals surface area contributed by atoms with Crippen molar-refractivity contribution in [3.63, 3.8) is 0 Å². The maximum atomic E-state index is 13.6. The van der Waals surface area contributed by atoms with E-state index >= 15 is 0 Å². The van der Waals surface area contributed by atoms with E-state index in [2.05, 4.69) is 11.0 Å². The molecule has 0 radical (unpaired) electrons. The molecule has 30 heavy (non-hydrogen) atoms. The van der Waals surface area contributed by atoms with Gasteiger partial charge in [-0.2, -0.15) is 0 Å². The molecule has 1 N–H and O–H groups in total. The number of allylic oxidation sites excluding steroid dienone is 1. The Kier molecular flexibility index (Phi) is 5.31. The Morgan fingerprint density at radius 2 is 1.97 bits per heavy atom. The normalized spacial score (nSPS) is 31.3. The van der Waals surface area contributed by atoms with E-state index in [1.54, 1.807) is 0 Å². The van der Waals surface area contributed by atoms with Crippen molar-refractivity contribution in [1.82, 2.24) is 14.4 Å². The van der Waals surface area contributed by atoms with Crippen LogP contribution in [-0.4, -0.2) is 57.7 Å². The molecule has 4 atom stereocenters. The van der Waals surface area contributed by atoms with Crippen molar-refractivity contribution in [3.05, 3.63) is 39.8 Å². The second-order valence-electron chi connectivity index (χ2n) is 9.56. The standard InChI is InChI=1S/C24H33N3O3/c1-2-6-17-9-10-20-21-18(14-26(20)23(17)29)19(15-28)22(27(21)13-16-7-8-16)24(30)25-11-4-3-5-12-25/h2,6,9-10,16,18-19,21-22,28H,3-5,7-8,11-15H2,1H3/b6-2+/t18-,19-,21+,22-/m0/s1. The van der Waals surface area contributed by atoms with Gasteiger partial charge in [-0.25, -0.2) is 0 Å². The van der Waals surface area contributed by atoms with E-state index in [1.165, 1.54) is 19.3 Å². The maximum Gasteiger partial charge on any atom is 0.258 e. The summed E-state index contributed by atoms with van der Waals surface area (Å²) in [6, 6.07) is 3.78. The quantitative estimate of drug-likeness (QED) is 0.807. The first kappa shape index (κ1) is 20.0. The van der Waals surface area contributed by atoms with Crippen LogP contribution in [0.2, 0.25) is 0 Å². The topological polar surface area (TPSA) is 65.8 Å². The van der Waals surface area contributed by atoms with Crippen LogP contribution in [0.15, 0.2) is 23.0 Å². The van der Waals surface area contributed by atoms with Gasteiger partial charge in [-0.15, -0.1) is 0 Å². The van der Waals surface area contributed by atoms with Gasteiger partial charge in [-0.1, -0.05) is 12.2 Å². The van der Waals surface area contributed by atoms with Gasteiger partial charge in [0.05, 0.1) is 12.1 Å². The van der Waals surface area contributed by atoms with Gasteiger partial charge < -0.3 is 14.6 Å². The van der Waals surface area contributed by atoms with Gasteiger partial charge in [0.1, 0.15) is 0 Å². The van der Waals surface area contributed by atoms with Crippen molar-refractivity contribution < 1.29 is 9.90 Å². The summed E-state index contributed by atoms with van der Waals surface area (Å²) in [5.74, 6) is 0.833. The number of amides is 1. The highest BCUT2D eigenvalue weighted by atomic mass is 16.3. The molecular weight excluding hydrogens is 378 g/mol. The van der Waals surface area contributed by atoms with Gasteiger partial charge >= 0.3 is 0 Å². The van der Waals surface area contributed by atoms with Crippen LogP contribution in [0.5, 0.6) is 0 Å². The van der Waals surface area contributed by atoms with Gasteiger partial charge in [0.2, 0.25) is 5.91 Å². The van der Waals surface area contributed by atoms with Crippen molar-refractivity contribution in [3.8, 4) is 0 Å². The molecule has 6 heteroatoms. The zero-order chi connectivity index (χ0) is 20.8. The molecule has 5 rings (SSSR count). The Morgan fingerprint density at radius 3 is 2.63 bits per heavy atom. The van der Waals surface area contributed by atoms with Gasteiger partial charge in [-0.3, -0.25) is 14.5 Å². The highest BCUT2D eigenvalue weighted by Crippen LogP contribution is 2.51. The van der Waals surface area contributed by atoms with Gasteiger partial charge in [0.15, 0.2) is 0 Å². The number of rotatable bonds is 5. The summed E-state index contributed by atoms with van der Waals surface area (Å²) in [5.41, 5.74) is 1.77. The first-order chi connectivity index (χ1) is 14.6. The molecule has 4 aliphatic rings. The lowest BCUT2D eigenvalue weighted by atomic mass is 9.88. The number of carbonyl (C=O) groups is 1. The molecule has 0 bridgehead atoms. The molecule has 4 heterocycles. The Morgan fingerprint density at radius 1 is 1.20 bits per heavy atom. The molecule has 0 spiro atoms. The summed E-state index contributed by atoms with van der Waals surface area (Å²) in [4.78, 5) is 31.1. The molecule has 3 fully saturated rings. The van der Waals surface area contributed by atoms with E-state index in [1.807, 2.05) is 34.6 Å². The number of likely N-dealkylation sites (tertiary alicyclic amines) is 2. The first-order valence-electron chi connectivity index (χ1n) is 11.7. The smallest absolute Gasteiger partial charge is 0.258 e. The molecular formula is C24H33N3O3. The number of aromatic nitrogens is 1. The monoisotopic (exact) mass is 411 g/mol. The molecule has 1 aromatic rings. The van der Waals surface area contributed by atoms with Crippen LogP contribution in [0.3, 0.4) is 0 Å². The van der Waals surface area contributed by atoms with Crippen LogP contribution in [0.25, 0.3) is 6.08 Å². The number of hydrogen-bond donors (Lipinski definition) is 1. The average Bonchev–Trinajstić information content (AvgIpc) is 3.43. The van der Waals surface area contributed by atoms with Crippen LogP contribution in [0, 0.1) is 17.8 Å². The number of aliphatic hydroxyl groups is 1. The Balaban J connectivity index is 1.53. The number of carbonyl (C=O) groups excluding carboxylic acids is 1. The number of aliphatic hydroxyl groups excluding tert-OH is 1. The lowest BCUT2D eigenvalue weighted by Crippen LogP contribution is -2.51. The summed E-state index contributed by atoms with van der Waals surface area (Å²) in [7, 11) is 0. The zero-order valence-electron chi connectivity index (χ0n) is 17.9. The molecule has 2 saturated heterocycles. The van der Waals surface area contributed by atoms with E-state index in [0.717, 1.165) is 38.2 Å². The SMILES string of the molecule is C/C=C/c1ccc2n(c1=O)C[C@H]1[C@H](CO)[C@@H](C(=O)N3CCCCC3)N(CC3CC3)[C@@H]21. The highest BCUT2D eigenvalue weighted by Gasteiger charge is 2.56. The Bertz CT molecular complexity index is 897.